The summed E-state index contributed by atoms with van der Waals surface area (Å²) in [6.07, 6.45) is 2.91. The fourth-order valence-electron chi connectivity index (χ4n) is 3.06. The van der Waals surface area contributed by atoms with Crippen molar-refractivity contribution in [2.45, 2.75) is 44.7 Å². The van der Waals surface area contributed by atoms with Gasteiger partial charge in [0, 0.05) is 11.4 Å². The summed E-state index contributed by atoms with van der Waals surface area (Å²) in [5, 5.41) is 4.88. The molecule has 2 atom stereocenters. The van der Waals surface area contributed by atoms with Crippen LogP contribution in [0.15, 0.2) is 17.5 Å². The SMILES string of the molecule is CC1NC(=O)C(C)(C2CC2)N(CCc2cccs2)C1=O. The Bertz CT molecular complexity index is 524. The van der Waals surface area contributed by atoms with E-state index >= 15 is 0 Å². The van der Waals surface area contributed by atoms with Gasteiger partial charge in [-0.1, -0.05) is 6.07 Å². The van der Waals surface area contributed by atoms with Crippen LogP contribution in [0.1, 0.15) is 31.6 Å². The maximum absolute atomic E-state index is 12.5. The van der Waals surface area contributed by atoms with Gasteiger partial charge in [-0.3, -0.25) is 9.59 Å². The summed E-state index contributed by atoms with van der Waals surface area (Å²) < 4.78 is 0. The number of amides is 2. The highest BCUT2D eigenvalue weighted by molar-refractivity contribution is 7.09. The highest BCUT2D eigenvalue weighted by Crippen LogP contribution is 2.44. The first-order chi connectivity index (χ1) is 9.53. The molecule has 0 aromatic carbocycles. The van der Waals surface area contributed by atoms with Crippen molar-refractivity contribution >= 4 is 23.2 Å². The molecule has 108 valence electrons. The van der Waals surface area contributed by atoms with E-state index in [-0.39, 0.29) is 11.8 Å². The molecule has 2 amide bonds. The van der Waals surface area contributed by atoms with Crippen LogP contribution < -0.4 is 5.32 Å². The molecule has 1 saturated carbocycles. The molecule has 2 aliphatic rings. The number of thiophene rings is 1. The van der Waals surface area contributed by atoms with E-state index in [4.69, 9.17) is 0 Å². The normalized spacial score (nSPS) is 30.5. The topological polar surface area (TPSA) is 49.4 Å². The van der Waals surface area contributed by atoms with Crippen molar-refractivity contribution in [1.29, 1.82) is 0 Å². The Hall–Kier alpha value is -1.36. The Morgan fingerprint density at radius 2 is 2.20 bits per heavy atom. The van der Waals surface area contributed by atoms with Crippen molar-refractivity contribution in [1.82, 2.24) is 10.2 Å². The zero-order valence-corrected chi connectivity index (χ0v) is 12.7. The third kappa shape index (κ3) is 2.14. The van der Waals surface area contributed by atoms with E-state index in [1.807, 2.05) is 23.3 Å². The van der Waals surface area contributed by atoms with E-state index in [2.05, 4.69) is 11.4 Å². The van der Waals surface area contributed by atoms with E-state index in [0.29, 0.717) is 12.5 Å². The number of nitrogens with one attached hydrogen (secondary N) is 1. The van der Waals surface area contributed by atoms with E-state index in [9.17, 15) is 9.59 Å². The number of hydrogen-bond acceptors (Lipinski definition) is 3. The molecule has 2 unspecified atom stereocenters. The Morgan fingerprint density at radius 1 is 1.45 bits per heavy atom. The minimum absolute atomic E-state index is 0.0123. The molecular formula is C15H20N2O2S. The number of rotatable bonds is 4. The smallest absolute Gasteiger partial charge is 0.246 e. The van der Waals surface area contributed by atoms with Crippen LogP contribution in [-0.4, -0.2) is 34.8 Å². The Balaban J connectivity index is 1.82. The van der Waals surface area contributed by atoms with Crippen LogP contribution in [0.5, 0.6) is 0 Å². The first-order valence-corrected chi connectivity index (χ1v) is 8.06. The van der Waals surface area contributed by atoms with Crippen molar-refractivity contribution in [2.24, 2.45) is 5.92 Å². The molecule has 20 heavy (non-hydrogen) atoms. The Labute approximate surface area is 123 Å². The van der Waals surface area contributed by atoms with Crippen LogP contribution in [0.4, 0.5) is 0 Å². The van der Waals surface area contributed by atoms with Gasteiger partial charge < -0.3 is 10.2 Å². The van der Waals surface area contributed by atoms with Gasteiger partial charge in [0.1, 0.15) is 11.6 Å². The number of piperazine rings is 1. The van der Waals surface area contributed by atoms with Crippen molar-refractivity contribution in [3.63, 3.8) is 0 Å². The second-order valence-electron chi connectivity index (χ2n) is 5.94. The lowest BCUT2D eigenvalue weighted by molar-refractivity contribution is -0.157. The maximum atomic E-state index is 12.5. The van der Waals surface area contributed by atoms with Crippen LogP contribution >= 0.6 is 11.3 Å². The summed E-state index contributed by atoms with van der Waals surface area (Å²) in [5.41, 5.74) is -0.652. The fraction of sp³-hybridized carbons (Fsp3) is 0.600. The number of carbonyl (C=O) groups is 2. The van der Waals surface area contributed by atoms with Gasteiger partial charge in [-0.05, 0) is 50.5 Å². The van der Waals surface area contributed by atoms with Gasteiger partial charge in [-0.2, -0.15) is 0 Å². The summed E-state index contributed by atoms with van der Waals surface area (Å²) in [7, 11) is 0. The van der Waals surface area contributed by atoms with E-state index < -0.39 is 11.6 Å². The van der Waals surface area contributed by atoms with Crippen LogP contribution in [0.3, 0.4) is 0 Å². The van der Waals surface area contributed by atoms with Crippen molar-refractivity contribution < 1.29 is 9.59 Å². The van der Waals surface area contributed by atoms with Crippen LogP contribution in [-0.2, 0) is 16.0 Å². The molecule has 2 heterocycles. The van der Waals surface area contributed by atoms with Crippen molar-refractivity contribution in [2.75, 3.05) is 6.54 Å². The zero-order chi connectivity index (χ0) is 14.3. The van der Waals surface area contributed by atoms with E-state index in [1.54, 1.807) is 18.3 Å². The number of hydrogen-bond donors (Lipinski definition) is 1. The van der Waals surface area contributed by atoms with Crippen molar-refractivity contribution in [3.05, 3.63) is 22.4 Å². The predicted octanol–water partition coefficient (Wildman–Crippen LogP) is 1.81. The lowest BCUT2D eigenvalue weighted by Crippen LogP contribution is -2.70. The number of nitrogens with zero attached hydrogens (tertiary/aromatic N) is 1. The molecule has 2 fully saturated rings. The van der Waals surface area contributed by atoms with Crippen LogP contribution in [0, 0.1) is 5.92 Å². The molecule has 1 N–H and O–H groups in total. The van der Waals surface area contributed by atoms with E-state index in [1.165, 1.54) is 4.88 Å². The molecule has 1 aromatic rings. The second kappa shape index (κ2) is 4.88. The maximum Gasteiger partial charge on any atom is 0.246 e. The molecule has 1 saturated heterocycles. The number of carbonyl (C=O) groups excluding carboxylic acids is 2. The van der Waals surface area contributed by atoms with Crippen LogP contribution in [0.25, 0.3) is 0 Å². The first kappa shape index (κ1) is 13.6. The average Bonchev–Trinajstić information content (AvgIpc) is 3.15. The summed E-state index contributed by atoms with van der Waals surface area (Å²) in [5.74, 6) is 0.385. The van der Waals surface area contributed by atoms with Gasteiger partial charge in [-0.25, -0.2) is 0 Å². The minimum Gasteiger partial charge on any atom is -0.343 e. The Kier molecular flexibility index (Phi) is 3.32. The Morgan fingerprint density at radius 3 is 2.80 bits per heavy atom. The molecule has 5 heteroatoms. The highest BCUT2D eigenvalue weighted by atomic mass is 32.1. The lowest BCUT2D eigenvalue weighted by atomic mass is 9.88. The fourth-order valence-corrected chi connectivity index (χ4v) is 3.76. The summed E-state index contributed by atoms with van der Waals surface area (Å²) in [6.45, 7) is 4.33. The van der Waals surface area contributed by atoms with Crippen molar-refractivity contribution in [3.8, 4) is 0 Å². The molecule has 0 radical (unpaired) electrons. The van der Waals surface area contributed by atoms with Gasteiger partial charge >= 0.3 is 0 Å². The highest BCUT2D eigenvalue weighted by Gasteiger charge is 2.56. The molecule has 4 nitrogen and oxygen atoms in total. The third-order valence-electron chi connectivity index (χ3n) is 4.54. The molecule has 1 aliphatic carbocycles. The summed E-state index contributed by atoms with van der Waals surface area (Å²) >= 11 is 1.70. The zero-order valence-electron chi connectivity index (χ0n) is 11.9. The first-order valence-electron chi connectivity index (χ1n) is 7.18. The minimum atomic E-state index is -0.652. The molecular weight excluding hydrogens is 272 g/mol. The monoisotopic (exact) mass is 292 g/mol. The summed E-state index contributed by atoms with van der Waals surface area (Å²) in [4.78, 5) is 28.0. The lowest BCUT2D eigenvalue weighted by Gasteiger charge is -2.46. The third-order valence-corrected chi connectivity index (χ3v) is 5.47. The molecule has 0 bridgehead atoms. The van der Waals surface area contributed by atoms with Gasteiger partial charge in [0.15, 0.2) is 0 Å². The largest absolute Gasteiger partial charge is 0.343 e. The second-order valence-corrected chi connectivity index (χ2v) is 6.97. The predicted molar refractivity (Wildman–Crippen MR) is 78.5 cm³/mol. The molecule has 1 aromatic heterocycles. The van der Waals surface area contributed by atoms with Gasteiger partial charge in [0.25, 0.3) is 0 Å². The van der Waals surface area contributed by atoms with Gasteiger partial charge in [-0.15, -0.1) is 11.3 Å². The summed E-state index contributed by atoms with van der Waals surface area (Å²) in [6, 6.07) is 3.70. The van der Waals surface area contributed by atoms with Crippen LogP contribution in [0.2, 0.25) is 0 Å². The standard InChI is InChI=1S/C15H20N2O2S/c1-10-13(18)17(8-7-12-4-3-9-20-12)15(2,11-5-6-11)14(19)16-10/h3-4,9-11H,5-8H2,1-2H3,(H,16,19). The average molecular weight is 292 g/mol. The van der Waals surface area contributed by atoms with Gasteiger partial charge in [0.05, 0.1) is 0 Å². The molecule has 0 spiro atoms. The van der Waals surface area contributed by atoms with E-state index in [0.717, 1.165) is 19.3 Å². The van der Waals surface area contributed by atoms with Gasteiger partial charge in [0.2, 0.25) is 11.8 Å². The molecule has 3 rings (SSSR count). The quantitative estimate of drug-likeness (QED) is 0.920. The molecule has 1 aliphatic heterocycles.